The number of nitrogens with one attached hydrogen (secondary N) is 1. The van der Waals surface area contributed by atoms with Crippen LogP contribution in [-0.2, 0) is 0 Å². The van der Waals surface area contributed by atoms with Crippen molar-refractivity contribution in [2.75, 3.05) is 0 Å². The van der Waals surface area contributed by atoms with E-state index >= 15 is 0 Å². The molecule has 17 heavy (non-hydrogen) atoms. The van der Waals surface area contributed by atoms with Crippen LogP contribution in [0.1, 0.15) is 11.5 Å². The molecule has 5 heteroatoms. The van der Waals surface area contributed by atoms with Crippen LogP contribution >= 0.6 is 0 Å². The lowest BCUT2D eigenvalue weighted by Gasteiger charge is -2.07. The van der Waals surface area contributed by atoms with Crippen molar-refractivity contribution in [2.45, 2.75) is 5.92 Å². The van der Waals surface area contributed by atoms with Gasteiger partial charge in [0.05, 0.1) is 0 Å². The molecule has 2 rings (SSSR count). The number of urea groups is 1. The molecular weight excluding hydrogens is 226 g/mol. The fraction of sp³-hybridized carbons (Fsp3) is 0.0833. The number of rotatable bonds is 2. The summed E-state index contributed by atoms with van der Waals surface area (Å²) in [6.45, 7) is 0. The summed E-state index contributed by atoms with van der Waals surface area (Å²) in [6.07, 6.45) is 4.96. The third-order valence-electron chi connectivity index (χ3n) is 2.43. The van der Waals surface area contributed by atoms with Crippen LogP contribution in [0.2, 0.25) is 0 Å². The number of carbonyl (C=O) groups is 1. The van der Waals surface area contributed by atoms with Crippen LogP contribution in [0.3, 0.4) is 0 Å². The first-order valence-corrected chi connectivity index (χ1v) is 4.97. The Morgan fingerprint density at radius 1 is 1.35 bits per heavy atom. The van der Waals surface area contributed by atoms with Crippen LogP contribution in [0.25, 0.3) is 0 Å². The van der Waals surface area contributed by atoms with Crippen molar-refractivity contribution >= 4 is 6.03 Å². The maximum Gasteiger partial charge on any atom is 0.316 e. The first-order chi connectivity index (χ1) is 8.06. The summed E-state index contributed by atoms with van der Waals surface area (Å²) in [6, 6.07) is 2.72. The Labute approximate surface area is 96.6 Å². The van der Waals surface area contributed by atoms with Gasteiger partial charge in [0.15, 0.2) is 0 Å². The van der Waals surface area contributed by atoms with Crippen molar-refractivity contribution in [3.8, 4) is 0 Å². The molecule has 1 aliphatic carbocycles. The van der Waals surface area contributed by atoms with Crippen LogP contribution in [0, 0.1) is 11.6 Å². The third-order valence-corrected chi connectivity index (χ3v) is 2.43. The van der Waals surface area contributed by atoms with E-state index in [1.54, 1.807) is 18.2 Å². The van der Waals surface area contributed by atoms with Crippen LogP contribution in [-0.4, -0.2) is 6.03 Å². The zero-order valence-corrected chi connectivity index (χ0v) is 8.78. The molecule has 1 aromatic carbocycles. The van der Waals surface area contributed by atoms with Crippen LogP contribution < -0.4 is 11.1 Å². The highest BCUT2D eigenvalue weighted by Gasteiger charge is 2.16. The summed E-state index contributed by atoms with van der Waals surface area (Å²) < 4.78 is 26.2. The molecule has 3 N–H and O–H groups in total. The van der Waals surface area contributed by atoms with Crippen LogP contribution in [0.4, 0.5) is 13.6 Å². The Bertz CT molecular complexity index is 523. The van der Waals surface area contributed by atoms with Gasteiger partial charge in [-0.2, -0.15) is 0 Å². The van der Waals surface area contributed by atoms with Gasteiger partial charge in [-0.15, -0.1) is 0 Å². The lowest BCUT2D eigenvalue weighted by molar-refractivity contribution is 0.251. The number of carbonyl (C=O) groups excluding carboxylic acids is 1. The van der Waals surface area contributed by atoms with Gasteiger partial charge in [-0.25, -0.2) is 13.6 Å². The smallest absolute Gasteiger partial charge is 0.316 e. The van der Waals surface area contributed by atoms with E-state index < -0.39 is 17.7 Å². The minimum Gasteiger partial charge on any atom is -0.351 e. The maximum atomic E-state index is 13.5. The minimum absolute atomic E-state index is 0.322. The second-order valence-electron chi connectivity index (χ2n) is 3.66. The van der Waals surface area contributed by atoms with Gasteiger partial charge in [0.2, 0.25) is 0 Å². The first-order valence-electron chi connectivity index (χ1n) is 4.97. The van der Waals surface area contributed by atoms with Crippen molar-refractivity contribution in [1.29, 1.82) is 0 Å². The Balaban J connectivity index is 2.23. The highest BCUT2D eigenvalue weighted by Crippen LogP contribution is 2.27. The van der Waals surface area contributed by atoms with Gasteiger partial charge in [-0.1, -0.05) is 12.1 Å². The van der Waals surface area contributed by atoms with Gasteiger partial charge in [0.1, 0.15) is 11.6 Å². The van der Waals surface area contributed by atoms with Gasteiger partial charge < -0.3 is 11.1 Å². The van der Waals surface area contributed by atoms with Crippen molar-refractivity contribution in [2.24, 2.45) is 5.73 Å². The Kier molecular flexibility index (Phi) is 2.91. The molecule has 2 amide bonds. The molecule has 0 saturated heterocycles. The number of allylic oxidation sites excluding steroid dienone is 3. The average Bonchev–Trinajstić information content (AvgIpc) is 2.65. The molecule has 88 valence electrons. The summed E-state index contributed by atoms with van der Waals surface area (Å²) >= 11 is 0. The Hall–Kier alpha value is -2.17. The summed E-state index contributed by atoms with van der Waals surface area (Å²) in [5.74, 6) is -1.55. The topological polar surface area (TPSA) is 55.1 Å². The second kappa shape index (κ2) is 4.37. The minimum atomic E-state index is -0.680. The molecule has 0 bridgehead atoms. The average molecular weight is 236 g/mol. The zero-order chi connectivity index (χ0) is 12.4. The van der Waals surface area contributed by atoms with E-state index in [0.29, 0.717) is 11.3 Å². The molecule has 0 heterocycles. The van der Waals surface area contributed by atoms with E-state index in [1.807, 2.05) is 0 Å². The fourth-order valence-electron chi connectivity index (χ4n) is 1.70. The normalized spacial score (nSPS) is 18.0. The first kappa shape index (κ1) is 11.3. The highest BCUT2D eigenvalue weighted by atomic mass is 19.1. The van der Waals surface area contributed by atoms with Gasteiger partial charge in [-0.3, -0.25) is 0 Å². The van der Waals surface area contributed by atoms with E-state index in [9.17, 15) is 13.6 Å². The molecule has 1 aliphatic rings. The summed E-state index contributed by atoms with van der Waals surface area (Å²) in [7, 11) is 0. The van der Waals surface area contributed by atoms with Crippen LogP contribution in [0.5, 0.6) is 0 Å². The summed E-state index contributed by atoms with van der Waals surface area (Å²) in [5.41, 5.74) is 5.81. The molecule has 1 aromatic rings. The number of benzene rings is 1. The lowest BCUT2D eigenvalue weighted by Crippen LogP contribution is -2.27. The largest absolute Gasteiger partial charge is 0.351 e. The highest BCUT2D eigenvalue weighted by molar-refractivity contribution is 5.74. The van der Waals surface area contributed by atoms with E-state index in [2.05, 4.69) is 5.32 Å². The molecule has 1 atom stereocenters. The van der Waals surface area contributed by atoms with Crippen molar-refractivity contribution in [1.82, 2.24) is 5.32 Å². The molecule has 0 aromatic heterocycles. The summed E-state index contributed by atoms with van der Waals surface area (Å²) in [5, 5.41) is 2.39. The van der Waals surface area contributed by atoms with E-state index in [1.165, 1.54) is 12.1 Å². The fourth-order valence-corrected chi connectivity index (χ4v) is 1.70. The predicted molar refractivity (Wildman–Crippen MR) is 59.0 cm³/mol. The molecule has 0 radical (unpaired) electrons. The van der Waals surface area contributed by atoms with Gasteiger partial charge >= 0.3 is 6.03 Å². The standard InChI is InChI=1S/C12H10F2N2O/c13-8-2-4-10(11(14)6-8)7-1-3-9(5-7)16-12(15)17/h1-7H,(H3,15,16,17). The molecule has 0 spiro atoms. The molecule has 3 nitrogen and oxygen atoms in total. The Morgan fingerprint density at radius 2 is 2.12 bits per heavy atom. The van der Waals surface area contributed by atoms with Gasteiger partial charge in [-0.05, 0) is 23.8 Å². The van der Waals surface area contributed by atoms with E-state index in [-0.39, 0.29) is 5.92 Å². The monoisotopic (exact) mass is 236 g/mol. The number of halogens is 2. The Morgan fingerprint density at radius 3 is 2.76 bits per heavy atom. The maximum absolute atomic E-state index is 13.5. The predicted octanol–water partition coefficient (Wildman–Crippen LogP) is 2.17. The van der Waals surface area contributed by atoms with E-state index in [4.69, 9.17) is 5.73 Å². The van der Waals surface area contributed by atoms with Crippen molar-refractivity contribution in [3.63, 3.8) is 0 Å². The van der Waals surface area contributed by atoms with Crippen molar-refractivity contribution in [3.05, 3.63) is 59.3 Å². The number of primary amides is 1. The summed E-state index contributed by atoms with van der Waals surface area (Å²) in [4.78, 5) is 10.6. The second-order valence-corrected chi connectivity index (χ2v) is 3.66. The number of hydrogen-bond donors (Lipinski definition) is 2. The van der Waals surface area contributed by atoms with Gasteiger partial charge in [0.25, 0.3) is 0 Å². The van der Waals surface area contributed by atoms with Crippen molar-refractivity contribution < 1.29 is 13.6 Å². The van der Waals surface area contributed by atoms with Crippen LogP contribution in [0.15, 0.2) is 42.1 Å². The molecular formula is C12H10F2N2O. The number of amides is 2. The zero-order valence-electron chi connectivity index (χ0n) is 8.78. The quantitative estimate of drug-likeness (QED) is 0.812. The molecule has 0 aliphatic heterocycles. The van der Waals surface area contributed by atoms with E-state index in [0.717, 1.165) is 6.07 Å². The molecule has 1 unspecified atom stereocenters. The molecule has 0 saturated carbocycles. The molecule has 0 fully saturated rings. The number of nitrogens with two attached hydrogens (primary N) is 1. The van der Waals surface area contributed by atoms with Gasteiger partial charge in [0, 0.05) is 17.7 Å². The third kappa shape index (κ3) is 2.50. The lowest BCUT2D eigenvalue weighted by atomic mass is 10.0. The SMILES string of the molecule is NC(=O)NC1=CC(c2ccc(F)cc2F)C=C1. The number of hydrogen-bond acceptors (Lipinski definition) is 1.